The maximum atomic E-state index is 11.9. The van der Waals surface area contributed by atoms with E-state index in [2.05, 4.69) is 10.6 Å². The van der Waals surface area contributed by atoms with Gasteiger partial charge in [0.2, 0.25) is 0 Å². The molecule has 0 saturated carbocycles. The predicted molar refractivity (Wildman–Crippen MR) is 102 cm³/mol. The Morgan fingerprint density at radius 1 is 1.21 bits per heavy atom. The second kappa shape index (κ2) is 8.33. The number of aryl methyl sites for hydroxylation is 1. The fourth-order valence-corrected chi connectivity index (χ4v) is 2.60. The number of hydrogen-bond acceptors (Lipinski definition) is 3. The van der Waals surface area contributed by atoms with Gasteiger partial charge in [-0.15, -0.1) is 0 Å². The Balaban J connectivity index is 1.87. The summed E-state index contributed by atoms with van der Waals surface area (Å²) in [7, 11) is 0. The van der Waals surface area contributed by atoms with Crippen molar-refractivity contribution in [3.8, 4) is 5.75 Å². The van der Waals surface area contributed by atoms with E-state index in [1.807, 2.05) is 19.9 Å². The number of benzene rings is 2. The summed E-state index contributed by atoms with van der Waals surface area (Å²) in [5.74, 6) is 0.237. The van der Waals surface area contributed by atoms with Gasteiger partial charge in [0.15, 0.2) is 11.7 Å². The third-order valence-electron chi connectivity index (χ3n) is 3.26. The average Bonchev–Trinajstić information content (AvgIpc) is 2.51. The van der Waals surface area contributed by atoms with Crippen LogP contribution in [0.4, 0.5) is 5.69 Å². The van der Waals surface area contributed by atoms with E-state index in [0.29, 0.717) is 15.8 Å². The highest BCUT2D eigenvalue weighted by Gasteiger charge is 2.09. The average molecular weight is 383 g/mol. The Morgan fingerprint density at radius 2 is 1.96 bits per heavy atom. The Bertz CT molecular complexity index is 781. The van der Waals surface area contributed by atoms with Gasteiger partial charge in [0.25, 0.3) is 5.91 Å². The third kappa shape index (κ3) is 5.09. The van der Waals surface area contributed by atoms with Crippen LogP contribution < -0.4 is 15.4 Å². The molecular formula is C17H16Cl2N2O2S. The van der Waals surface area contributed by atoms with E-state index >= 15 is 0 Å². The third-order valence-corrected chi connectivity index (χ3v) is 4.11. The fourth-order valence-electron chi connectivity index (χ4n) is 1.98. The van der Waals surface area contributed by atoms with Crippen molar-refractivity contribution in [3.63, 3.8) is 0 Å². The number of thiocarbonyl (C=S) groups is 1. The normalized spacial score (nSPS) is 10.2. The molecule has 0 heterocycles. The number of halogens is 2. The number of amides is 1. The van der Waals surface area contributed by atoms with Crippen LogP contribution in [0.2, 0.25) is 10.0 Å². The molecule has 0 aliphatic carbocycles. The lowest BCUT2D eigenvalue weighted by Gasteiger charge is -2.13. The van der Waals surface area contributed by atoms with E-state index in [1.165, 1.54) is 0 Å². The molecule has 126 valence electrons. The summed E-state index contributed by atoms with van der Waals surface area (Å²) in [5, 5.41) is 6.92. The number of rotatable bonds is 4. The topological polar surface area (TPSA) is 50.4 Å². The van der Waals surface area contributed by atoms with Crippen molar-refractivity contribution < 1.29 is 9.53 Å². The fraction of sp³-hybridized carbons (Fsp3) is 0.176. The molecule has 0 bridgehead atoms. The summed E-state index contributed by atoms with van der Waals surface area (Å²) < 4.78 is 5.47. The van der Waals surface area contributed by atoms with E-state index in [0.717, 1.165) is 16.8 Å². The monoisotopic (exact) mass is 382 g/mol. The molecule has 2 N–H and O–H groups in total. The van der Waals surface area contributed by atoms with Gasteiger partial charge >= 0.3 is 0 Å². The molecule has 0 spiro atoms. The number of carbonyl (C=O) groups excluding carboxylic acids is 1. The van der Waals surface area contributed by atoms with Crippen LogP contribution in [-0.2, 0) is 4.79 Å². The molecule has 2 rings (SSSR count). The van der Waals surface area contributed by atoms with E-state index in [1.54, 1.807) is 30.3 Å². The van der Waals surface area contributed by atoms with Crippen LogP contribution in [0.1, 0.15) is 11.1 Å². The number of ether oxygens (including phenoxy) is 1. The molecule has 0 unspecified atom stereocenters. The minimum Gasteiger partial charge on any atom is -0.483 e. The van der Waals surface area contributed by atoms with Crippen molar-refractivity contribution in [3.05, 3.63) is 57.6 Å². The molecule has 7 heteroatoms. The van der Waals surface area contributed by atoms with Crippen LogP contribution >= 0.6 is 35.4 Å². The van der Waals surface area contributed by atoms with Gasteiger partial charge in [0.05, 0.1) is 0 Å². The zero-order chi connectivity index (χ0) is 17.7. The highest BCUT2D eigenvalue weighted by atomic mass is 35.5. The lowest BCUT2D eigenvalue weighted by Crippen LogP contribution is -2.37. The maximum Gasteiger partial charge on any atom is 0.264 e. The molecule has 2 aromatic carbocycles. The molecule has 0 fully saturated rings. The van der Waals surface area contributed by atoms with Crippen LogP contribution in [0.25, 0.3) is 0 Å². The van der Waals surface area contributed by atoms with Crippen molar-refractivity contribution in [1.29, 1.82) is 0 Å². The Hall–Kier alpha value is -1.82. The molecule has 0 atom stereocenters. The summed E-state index contributed by atoms with van der Waals surface area (Å²) in [6.07, 6.45) is 0. The summed E-state index contributed by atoms with van der Waals surface area (Å²) in [6, 6.07) is 10.6. The standard InChI is InChI=1S/C17H16Cl2N2O2S/c1-10-8-12(18)6-7-15(10)23-9-16(22)21-17(24)20-14-5-3-4-13(19)11(14)2/h3-8H,9H2,1-2H3,(H2,20,21,22,24). The first-order chi connectivity index (χ1) is 11.4. The van der Waals surface area contributed by atoms with Gasteiger partial charge in [-0.05, 0) is 67.5 Å². The molecule has 0 aliphatic heterocycles. The first-order valence-electron chi connectivity index (χ1n) is 7.11. The van der Waals surface area contributed by atoms with Crippen molar-refractivity contribution in [2.24, 2.45) is 0 Å². The van der Waals surface area contributed by atoms with Gasteiger partial charge < -0.3 is 10.1 Å². The van der Waals surface area contributed by atoms with Gasteiger partial charge in [0, 0.05) is 15.7 Å². The van der Waals surface area contributed by atoms with Crippen LogP contribution in [0, 0.1) is 13.8 Å². The molecule has 0 aromatic heterocycles. The van der Waals surface area contributed by atoms with Crippen LogP contribution in [0.15, 0.2) is 36.4 Å². The minimum atomic E-state index is -0.360. The van der Waals surface area contributed by atoms with E-state index < -0.39 is 0 Å². The van der Waals surface area contributed by atoms with Crippen molar-refractivity contribution in [2.75, 3.05) is 11.9 Å². The quantitative estimate of drug-likeness (QED) is 0.764. The smallest absolute Gasteiger partial charge is 0.264 e. The lowest BCUT2D eigenvalue weighted by atomic mass is 10.2. The number of hydrogen-bond donors (Lipinski definition) is 2. The van der Waals surface area contributed by atoms with Gasteiger partial charge in [-0.1, -0.05) is 29.3 Å². The van der Waals surface area contributed by atoms with E-state index in [-0.39, 0.29) is 17.6 Å². The second-order valence-electron chi connectivity index (χ2n) is 5.11. The highest BCUT2D eigenvalue weighted by molar-refractivity contribution is 7.80. The van der Waals surface area contributed by atoms with Gasteiger partial charge in [-0.25, -0.2) is 0 Å². The van der Waals surface area contributed by atoms with E-state index in [9.17, 15) is 4.79 Å². The van der Waals surface area contributed by atoms with Gasteiger partial charge in [0.1, 0.15) is 5.75 Å². The molecule has 0 aliphatic rings. The summed E-state index contributed by atoms with van der Waals surface area (Å²) in [6.45, 7) is 3.56. The molecular weight excluding hydrogens is 367 g/mol. The van der Waals surface area contributed by atoms with Crippen molar-refractivity contribution >= 4 is 52.1 Å². The Labute approximate surface area is 156 Å². The van der Waals surface area contributed by atoms with Crippen molar-refractivity contribution in [1.82, 2.24) is 5.32 Å². The van der Waals surface area contributed by atoms with Crippen LogP contribution in [0.3, 0.4) is 0 Å². The van der Waals surface area contributed by atoms with Gasteiger partial charge in [-0.2, -0.15) is 0 Å². The van der Waals surface area contributed by atoms with Gasteiger partial charge in [-0.3, -0.25) is 10.1 Å². The first kappa shape index (κ1) is 18.5. The molecule has 24 heavy (non-hydrogen) atoms. The zero-order valence-corrected chi connectivity index (χ0v) is 15.5. The lowest BCUT2D eigenvalue weighted by molar-refractivity contribution is -0.121. The highest BCUT2D eigenvalue weighted by Crippen LogP contribution is 2.23. The molecule has 1 amide bonds. The predicted octanol–water partition coefficient (Wildman–Crippen LogP) is 4.50. The molecule has 2 aromatic rings. The maximum absolute atomic E-state index is 11.9. The summed E-state index contributed by atoms with van der Waals surface area (Å²) in [5.41, 5.74) is 2.44. The summed E-state index contributed by atoms with van der Waals surface area (Å²) >= 11 is 17.1. The zero-order valence-electron chi connectivity index (χ0n) is 13.2. The number of anilines is 1. The Morgan fingerprint density at radius 3 is 2.67 bits per heavy atom. The van der Waals surface area contributed by atoms with E-state index in [4.69, 9.17) is 40.2 Å². The Kier molecular flexibility index (Phi) is 6.43. The van der Waals surface area contributed by atoms with Crippen LogP contribution in [0.5, 0.6) is 5.75 Å². The molecule has 4 nitrogen and oxygen atoms in total. The molecule has 0 saturated heterocycles. The second-order valence-corrected chi connectivity index (χ2v) is 6.37. The number of nitrogens with one attached hydrogen (secondary N) is 2. The minimum absolute atomic E-state index is 0.154. The summed E-state index contributed by atoms with van der Waals surface area (Å²) in [4.78, 5) is 11.9. The van der Waals surface area contributed by atoms with Crippen molar-refractivity contribution in [2.45, 2.75) is 13.8 Å². The SMILES string of the molecule is Cc1cc(Cl)ccc1OCC(=O)NC(=S)Nc1cccc(Cl)c1C. The number of carbonyl (C=O) groups is 1. The largest absolute Gasteiger partial charge is 0.483 e. The first-order valence-corrected chi connectivity index (χ1v) is 8.28. The van der Waals surface area contributed by atoms with Crippen LogP contribution in [-0.4, -0.2) is 17.6 Å². The molecule has 0 radical (unpaired) electrons.